The van der Waals surface area contributed by atoms with Crippen LogP contribution in [0, 0.1) is 5.92 Å². The lowest BCUT2D eigenvalue weighted by atomic mass is 9.86. The number of halogens is 1. The number of rotatable bonds is 18. The second kappa shape index (κ2) is 21.4. The van der Waals surface area contributed by atoms with Crippen LogP contribution in [-0.4, -0.2) is 87.9 Å². The summed E-state index contributed by atoms with van der Waals surface area (Å²) >= 11 is 6.55. The summed E-state index contributed by atoms with van der Waals surface area (Å²) in [7, 11) is 0. The fourth-order valence-corrected chi connectivity index (χ4v) is 8.97. The van der Waals surface area contributed by atoms with E-state index in [0.29, 0.717) is 52.2 Å². The molecule has 14 nitrogen and oxygen atoms in total. The van der Waals surface area contributed by atoms with E-state index in [1.54, 1.807) is 84.9 Å². The van der Waals surface area contributed by atoms with E-state index in [4.69, 9.17) is 21.1 Å². The molecule has 6 aromatic rings. The number of benzene rings is 5. The molecule has 0 unspecified atom stereocenters. The lowest BCUT2D eigenvalue weighted by molar-refractivity contribution is -0.164. The van der Waals surface area contributed by atoms with Crippen LogP contribution in [0.15, 0.2) is 132 Å². The maximum absolute atomic E-state index is 13.8. The number of aromatic hydroxyl groups is 1. The largest absolute Gasteiger partial charge is 0.506 e. The summed E-state index contributed by atoms with van der Waals surface area (Å²) in [6.45, 7) is 3.02. The minimum atomic E-state index is -2.12. The van der Waals surface area contributed by atoms with Crippen LogP contribution in [0.4, 0.5) is 0 Å². The molecule has 0 bridgehead atoms. The van der Waals surface area contributed by atoms with Crippen LogP contribution < -0.4 is 26.2 Å². The van der Waals surface area contributed by atoms with Crippen molar-refractivity contribution in [2.24, 2.45) is 5.92 Å². The Morgan fingerprint density at radius 3 is 2.30 bits per heavy atom. The van der Waals surface area contributed by atoms with Crippen LogP contribution in [-0.2, 0) is 33.0 Å². The Bertz CT molecular complexity index is 2740. The van der Waals surface area contributed by atoms with Gasteiger partial charge in [-0.3, -0.25) is 19.3 Å². The van der Waals surface area contributed by atoms with Crippen molar-refractivity contribution in [3.8, 4) is 11.5 Å². The number of H-pyrrole nitrogens is 1. The summed E-state index contributed by atoms with van der Waals surface area (Å²) in [5.41, 5.74) is 1.28. The Labute approximate surface area is 392 Å². The van der Waals surface area contributed by atoms with Crippen molar-refractivity contribution in [1.29, 1.82) is 0 Å². The number of aromatic nitrogens is 1. The Balaban J connectivity index is 0.773. The number of piperidine rings is 1. The monoisotopic (exact) mass is 927 g/mol. The number of carbonyl (C=O) groups excluding carboxylic acids is 3. The van der Waals surface area contributed by atoms with Crippen molar-refractivity contribution in [3.63, 3.8) is 0 Å². The molecule has 348 valence electrons. The number of hydrogen-bond acceptors (Lipinski definition) is 11. The quantitative estimate of drug-likeness (QED) is 0.0510. The molecule has 2 atom stereocenters. The average Bonchev–Trinajstić information content (AvgIpc) is 3.33. The summed E-state index contributed by atoms with van der Waals surface area (Å²) in [6, 6.07) is 36.1. The third kappa shape index (κ3) is 11.5. The van der Waals surface area contributed by atoms with Gasteiger partial charge in [0.05, 0.1) is 18.2 Å². The number of aliphatic hydroxyl groups is 2. The number of ether oxygens (including phenoxy) is 2. The second-order valence-electron chi connectivity index (χ2n) is 17.3. The zero-order valence-electron chi connectivity index (χ0n) is 36.8. The van der Waals surface area contributed by atoms with Crippen molar-refractivity contribution in [2.75, 3.05) is 32.8 Å². The number of nitrogens with zero attached hydrogens (tertiary/aromatic N) is 1. The number of esters is 1. The number of carbonyl (C=O) groups is 3. The number of hydrogen-bond donors (Lipinski definition) is 7. The third-order valence-electron chi connectivity index (χ3n) is 12.6. The molecule has 1 aliphatic heterocycles. The van der Waals surface area contributed by atoms with E-state index in [2.05, 4.69) is 38.0 Å². The third-order valence-corrected chi connectivity index (χ3v) is 12.9. The highest BCUT2D eigenvalue weighted by Crippen LogP contribution is 2.34. The number of fused-ring (bicyclic) bond motifs is 1. The minimum Gasteiger partial charge on any atom is -0.506 e. The smallest absolute Gasteiger partial charge is 0.347 e. The van der Waals surface area contributed by atoms with Crippen molar-refractivity contribution in [3.05, 3.63) is 176 Å². The van der Waals surface area contributed by atoms with Crippen LogP contribution in [0.2, 0.25) is 5.02 Å². The van der Waals surface area contributed by atoms with Gasteiger partial charge in [-0.15, -0.1) is 0 Å². The van der Waals surface area contributed by atoms with Gasteiger partial charge < -0.3 is 45.7 Å². The van der Waals surface area contributed by atoms with Gasteiger partial charge in [0.1, 0.15) is 11.5 Å². The molecule has 8 rings (SSSR count). The van der Waals surface area contributed by atoms with Gasteiger partial charge in [0.15, 0.2) is 6.61 Å². The second-order valence-corrected chi connectivity index (χ2v) is 17.7. The van der Waals surface area contributed by atoms with Crippen LogP contribution in [0.25, 0.3) is 10.9 Å². The Morgan fingerprint density at radius 1 is 0.836 bits per heavy atom. The summed E-state index contributed by atoms with van der Waals surface area (Å²) in [4.78, 5) is 56.6. The molecular formula is C52H54ClN5O9. The fourth-order valence-electron chi connectivity index (χ4n) is 8.72. The Hall–Kier alpha value is -6.55. The minimum absolute atomic E-state index is 0.0904. The summed E-state index contributed by atoms with van der Waals surface area (Å²) in [5.74, 6) is -1.07. The summed E-state index contributed by atoms with van der Waals surface area (Å²) in [6.07, 6.45) is 1.86. The van der Waals surface area contributed by atoms with Gasteiger partial charge in [-0.1, -0.05) is 96.5 Å². The van der Waals surface area contributed by atoms with Gasteiger partial charge in [-0.2, -0.15) is 0 Å². The first-order valence-corrected chi connectivity index (χ1v) is 22.9. The van der Waals surface area contributed by atoms with Gasteiger partial charge in [0.2, 0.25) is 11.2 Å². The van der Waals surface area contributed by atoms with Gasteiger partial charge in [-0.25, -0.2) is 4.79 Å². The molecule has 1 saturated heterocycles. The highest BCUT2D eigenvalue weighted by atomic mass is 35.5. The normalized spacial score (nSPS) is 17.7. The highest BCUT2D eigenvalue weighted by Gasteiger charge is 2.42. The van der Waals surface area contributed by atoms with E-state index in [1.165, 1.54) is 17.7 Å². The SMILES string of the molecule is O=C(COc1cccc([C@](O)(C(=O)OCC2CCN(Cc3ccccc3)CC2)c2ccccc2)c1)N[C@H]1C[C@H](NC(=O)c2ccc(CNC[C@H](O)c3ccc(O)c4[nH]c(=O)ccc34)c(Cl)c2)C1. The zero-order valence-corrected chi connectivity index (χ0v) is 37.6. The number of likely N-dealkylation sites (tertiary alicyclic amines) is 1. The van der Waals surface area contributed by atoms with Gasteiger partial charge in [-0.05, 0) is 103 Å². The molecule has 0 radical (unpaired) electrons. The Morgan fingerprint density at radius 2 is 1.55 bits per heavy atom. The number of amides is 2. The lowest BCUT2D eigenvalue weighted by Crippen LogP contribution is -2.54. The maximum Gasteiger partial charge on any atom is 0.347 e. The molecule has 1 aromatic heterocycles. The van der Waals surface area contributed by atoms with Gasteiger partial charge in [0, 0.05) is 59.3 Å². The van der Waals surface area contributed by atoms with E-state index in [1.807, 2.05) is 18.2 Å². The van der Waals surface area contributed by atoms with E-state index < -0.39 is 17.7 Å². The number of pyridine rings is 1. The first kappa shape index (κ1) is 47.0. The van der Waals surface area contributed by atoms with E-state index in [0.717, 1.165) is 38.0 Å². The number of aromatic amines is 1. The van der Waals surface area contributed by atoms with E-state index in [-0.39, 0.29) is 72.0 Å². The molecule has 67 heavy (non-hydrogen) atoms. The van der Waals surface area contributed by atoms with Crippen molar-refractivity contribution < 1.29 is 39.2 Å². The van der Waals surface area contributed by atoms with Crippen LogP contribution in [0.3, 0.4) is 0 Å². The Kier molecular flexibility index (Phi) is 15.0. The molecule has 0 spiro atoms. The van der Waals surface area contributed by atoms with Crippen molar-refractivity contribution in [2.45, 2.75) is 62.6 Å². The molecule has 15 heteroatoms. The summed E-state index contributed by atoms with van der Waals surface area (Å²) in [5, 5.41) is 43.2. The number of phenolic OH excluding ortho intramolecular Hbond substituents is 1. The van der Waals surface area contributed by atoms with Crippen LogP contribution in [0.1, 0.15) is 70.0 Å². The summed E-state index contributed by atoms with van der Waals surface area (Å²) < 4.78 is 11.7. The van der Waals surface area contributed by atoms with Gasteiger partial charge in [0.25, 0.3) is 11.8 Å². The predicted octanol–water partition coefficient (Wildman–Crippen LogP) is 5.86. The fraction of sp³-hybridized carbons (Fsp3) is 0.308. The molecule has 5 aromatic carbocycles. The molecular weight excluding hydrogens is 874 g/mol. The average molecular weight is 928 g/mol. The number of phenols is 1. The molecule has 1 saturated carbocycles. The first-order valence-electron chi connectivity index (χ1n) is 22.5. The topological polar surface area (TPSA) is 203 Å². The van der Waals surface area contributed by atoms with Gasteiger partial charge >= 0.3 is 5.97 Å². The van der Waals surface area contributed by atoms with Crippen molar-refractivity contribution in [1.82, 2.24) is 25.8 Å². The highest BCUT2D eigenvalue weighted by molar-refractivity contribution is 6.31. The van der Waals surface area contributed by atoms with E-state index in [9.17, 15) is 34.5 Å². The maximum atomic E-state index is 13.8. The van der Waals surface area contributed by atoms with Crippen LogP contribution >= 0.6 is 11.6 Å². The molecule has 1 aliphatic carbocycles. The zero-order chi connectivity index (χ0) is 46.9. The van der Waals surface area contributed by atoms with Crippen LogP contribution in [0.5, 0.6) is 11.5 Å². The lowest BCUT2D eigenvalue weighted by Gasteiger charge is -2.36. The molecule has 7 N–H and O–H groups in total. The van der Waals surface area contributed by atoms with E-state index >= 15 is 0 Å². The molecule has 2 fully saturated rings. The number of aliphatic hydroxyl groups excluding tert-OH is 1. The molecule has 2 heterocycles. The predicted molar refractivity (Wildman–Crippen MR) is 254 cm³/mol. The van der Waals surface area contributed by atoms with Crippen molar-refractivity contribution >= 4 is 40.3 Å². The molecule has 2 amide bonds. The molecule has 2 aliphatic rings. The number of nitrogens with one attached hydrogen (secondary N) is 4. The first-order chi connectivity index (χ1) is 32.4. The standard InChI is InChI=1S/C52H54ClN5O9/c53-44-24-35(14-15-36(44)28-54-29-46(60)42-16-18-45(59)49-43(42)17-19-47(61)57-49)50(63)56-40-26-39(27-40)55-48(62)32-66-41-13-7-12-38(25-41)52(65,37-10-5-2-6-11-37)51(64)67-31-34-20-22-58(23-21-34)30-33-8-3-1-4-9-33/h1-19,24-25,34,39-40,46,54,59-60,65H,20-23,26-32H2,(H,55,62)(H,56,63)(H,57,61)/t39-,40-,46-,52-/m0/s1.